The summed E-state index contributed by atoms with van der Waals surface area (Å²) in [6.45, 7) is 1.87. The summed E-state index contributed by atoms with van der Waals surface area (Å²) in [6, 6.07) is 9.62. The fraction of sp³-hybridized carbons (Fsp3) is 0.375. The molecule has 0 spiro atoms. The van der Waals surface area contributed by atoms with Gasteiger partial charge in [0.05, 0.1) is 18.2 Å². The molecule has 3 N–H and O–H groups in total. The van der Waals surface area contributed by atoms with Crippen molar-refractivity contribution in [2.45, 2.75) is 12.5 Å². The maximum Gasteiger partial charge on any atom is 0.224 e. The number of hydrogen-bond acceptors (Lipinski definition) is 4. The van der Waals surface area contributed by atoms with Crippen molar-refractivity contribution in [3.8, 4) is 5.69 Å². The van der Waals surface area contributed by atoms with Crippen LogP contribution in [0.25, 0.3) is 5.69 Å². The Bertz CT molecular complexity index is 616. The molecule has 1 aliphatic rings. The average Bonchev–Trinajstić information content (AvgIpc) is 3.18. The predicted octanol–water partition coefficient (Wildman–Crippen LogP) is 0.533. The minimum Gasteiger partial charge on any atom is -0.391 e. The fourth-order valence-electron chi connectivity index (χ4n) is 2.61. The van der Waals surface area contributed by atoms with Crippen molar-refractivity contribution >= 4 is 18.3 Å². The molecule has 2 atom stereocenters. The number of rotatable bonds is 5. The van der Waals surface area contributed by atoms with Gasteiger partial charge < -0.3 is 15.7 Å². The normalized spacial score (nSPS) is 20.0. The molecule has 7 heteroatoms. The number of amides is 1. The highest BCUT2D eigenvalue weighted by atomic mass is 35.5. The van der Waals surface area contributed by atoms with Crippen LogP contribution in [-0.2, 0) is 11.2 Å². The third-order valence-corrected chi connectivity index (χ3v) is 3.94. The number of aliphatic hydroxyl groups is 1. The molecule has 23 heavy (non-hydrogen) atoms. The second-order valence-corrected chi connectivity index (χ2v) is 5.58. The molecular formula is C16H21ClN4O2. The molecule has 0 saturated carbocycles. The molecule has 124 valence electrons. The lowest BCUT2D eigenvalue weighted by Crippen LogP contribution is -2.35. The van der Waals surface area contributed by atoms with Gasteiger partial charge in [-0.25, -0.2) is 4.68 Å². The smallest absolute Gasteiger partial charge is 0.224 e. The van der Waals surface area contributed by atoms with E-state index in [1.165, 1.54) is 0 Å². The molecule has 1 aliphatic heterocycles. The minimum absolute atomic E-state index is 0. The number of nitrogens with one attached hydrogen (secondary N) is 2. The van der Waals surface area contributed by atoms with Crippen LogP contribution in [-0.4, -0.2) is 46.5 Å². The molecule has 1 aromatic carbocycles. The van der Waals surface area contributed by atoms with Crippen LogP contribution in [0, 0.1) is 5.92 Å². The summed E-state index contributed by atoms with van der Waals surface area (Å²) in [4.78, 5) is 12.0. The number of benzene rings is 1. The summed E-state index contributed by atoms with van der Waals surface area (Å²) in [7, 11) is 0. The molecule has 1 aromatic heterocycles. The molecule has 2 unspecified atom stereocenters. The number of hydrogen-bond donors (Lipinski definition) is 3. The van der Waals surface area contributed by atoms with E-state index in [9.17, 15) is 9.90 Å². The van der Waals surface area contributed by atoms with Gasteiger partial charge in [0.15, 0.2) is 0 Å². The highest BCUT2D eigenvalue weighted by Gasteiger charge is 2.24. The van der Waals surface area contributed by atoms with E-state index in [0.29, 0.717) is 19.5 Å². The van der Waals surface area contributed by atoms with Gasteiger partial charge in [-0.15, -0.1) is 12.4 Å². The molecular weight excluding hydrogens is 316 g/mol. The summed E-state index contributed by atoms with van der Waals surface area (Å²) in [5, 5.41) is 19.9. The standard InChI is InChI=1S/C16H20N4O2.ClH/c21-15-11-17-9-13(15)10-18-16(22)8-12-2-4-14(5-3-12)20-7-1-6-19-20;/h1-7,13,15,17,21H,8-11H2,(H,18,22);1H. The predicted molar refractivity (Wildman–Crippen MR) is 89.9 cm³/mol. The Hall–Kier alpha value is -1.89. The maximum absolute atomic E-state index is 12.0. The van der Waals surface area contributed by atoms with Gasteiger partial charge in [0.2, 0.25) is 5.91 Å². The number of aliphatic hydroxyl groups excluding tert-OH is 1. The molecule has 6 nitrogen and oxygen atoms in total. The van der Waals surface area contributed by atoms with E-state index in [0.717, 1.165) is 17.8 Å². The lowest BCUT2D eigenvalue weighted by Gasteiger charge is -2.14. The maximum atomic E-state index is 12.0. The van der Waals surface area contributed by atoms with E-state index in [2.05, 4.69) is 15.7 Å². The van der Waals surface area contributed by atoms with Gasteiger partial charge in [-0.3, -0.25) is 4.79 Å². The van der Waals surface area contributed by atoms with E-state index >= 15 is 0 Å². The zero-order valence-corrected chi connectivity index (χ0v) is 13.5. The summed E-state index contributed by atoms with van der Waals surface area (Å²) < 4.78 is 1.78. The van der Waals surface area contributed by atoms with Gasteiger partial charge in [0.1, 0.15) is 0 Å². The van der Waals surface area contributed by atoms with Gasteiger partial charge >= 0.3 is 0 Å². The van der Waals surface area contributed by atoms with E-state index in [1.807, 2.05) is 36.5 Å². The monoisotopic (exact) mass is 336 g/mol. The van der Waals surface area contributed by atoms with Crippen LogP contribution in [0.2, 0.25) is 0 Å². The first kappa shape index (κ1) is 17.5. The van der Waals surface area contributed by atoms with Crippen molar-refractivity contribution in [3.05, 3.63) is 48.3 Å². The Labute approximate surface area is 141 Å². The lowest BCUT2D eigenvalue weighted by atomic mass is 10.1. The first-order valence-electron chi connectivity index (χ1n) is 7.47. The van der Waals surface area contributed by atoms with Crippen LogP contribution in [0.3, 0.4) is 0 Å². The molecule has 2 heterocycles. The van der Waals surface area contributed by atoms with Gasteiger partial charge in [-0.2, -0.15) is 5.10 Å². The van der Waals surface area contributed by atoms with E-state index in [-0.39, 0.29) is 30.3 Å². The third-order valence-electron chi connectivity index (χ3n) is 3.94. The van der Waals surface area contributed by atoms with Gasteiger partial charge in [0, 0.05) is 37.9 Å². The van der Waals surface area contributed by atoms with Crippen molar-refractivity contribution in [1.29, 1.82) is 0 Å². The first-order valence-corrected chi connectivity index (χ1v) is 7.47. The van der Waals surface area contributed by atoms with Gasteiger partial charge in [0.25, 0.3) is 0 Å². The minimum atomic E-state index is -0.367. The number of halogens is 1. The number of aromatic nitrogens is 2. The van der Waals surface area contributed by atoms with Crippen LogP contribution in [0.1, 0.15) is 5.56 Å². The topological polar surface area (TPSA) is 79.2 Å². The molecule has 2 aromatic rings. The van der Waals surface area contributed by atoms with Crippen LogP contribution >= 0.6 is 12.4 Å². The zero-order chi connectivity index (χ0) is 15.4. The van der Waals surface area contributed by atoms with Crippen molar-refractivity contribution in [1.82, 2.24) is 20.4 Å². The number of β-amino-alcohol motifs (C(OH)–C–C–N with tert-alkyl or cyclic N) is 1. The van der Waals surface area contributed by atoms with Crippen LogP contribution in [0.5, 0.6) is 0 Å². The molecule has 0 radical (unpaired) electrons. The Morgan fingerprint density at radius 2 is 2.13 bits per heavy atom. The number of nitrogens with zero attached hydrogens (tertiary/aromatic N) is 2. The van der Waals surface area contributed by atoms with E-state index in [1.54, 1.807) is 10.9 Å². The largest absolute Gasteiger partial charge is 0.391 e. The van der Waals surface area contributed by atoms with Gasteiger partial charge in [-0.05, 0) is 23.8 Å². The van der Waals surface area contributed by atoms with E-state index < -0.39 is 0 Å². The second kappa shape index (κ2) is 8.10. The van der Waals surface area contributed by atoms with Crippen molar-refractivity contribution < 1.29 is 9.90 Å². The average molecular weight is 337 g/mol. The van der Waals surface area contributed by atoms with Crippen LogP contribution < -0.4 is 10.6 Å². The summed E-state index contributed by atoms with van der Waals surface area (Å²) in [5.74, 6) is 0.0806. The SMILES string of the molecule is Cl.O=C(Cc1ccc(-n2cccn2)cc1)NCC1CNCC1O. The molecule has 3 rings (SSSR count). The summed E-state index contributed by atoms with van der Waals surface area (Å²) in [5.41, 5.74) is 1.92. The molecule has 0 bridgehead atoms. The third kappa shape index (κ3) is 4.54. The molecule has 1 saturated heterocycles. The Balaban J connectivity index is 0.00000192. The quantitative estimate of drug-likeness (QED) is 0.744. The Kier molecular flexibility index (Phi) is 6.15. The fourth-order valence-corrected chi connectivity index (χ4v) is 2.61. The van der Waals surface area contributed by atoms with Gasteiger partial charge in [-0.1, -0.05) is 12.1 Å². The van der Waals surface area contributed by atoms with Crippen LogP contribution in [0.15, 0.2) is 42.7 Å². The zero-order valence-electron chi connectivity index (χ0n) is 12.7. The summed E-state index contributed by atoms with van der Waals surface area (Å²) >= 11 is 0. The lowest BCUT2D eigenvalue weighted by molar-refractivity contribution is -0.120. The van der Waals surface area contributed by atoms with Crippen LogP contribution in [0.4, 0.5) is 0 Å². The molecule has 1 fully saturated rings. The Morgan fingerprint density at radius 3 is 2.74 bits per heavy atom. The van der Waals surface area contributed by atoms with Crippen molar-refractivity contribution in [2.75, 3.05) is 19.6 Å². The highest BCUT2D eigenvalue weighted by Crippen LogP contribution is 2.10. The molecule has 1 amide bonds. The molecule has 0 aliphatic carbocycles. The Morgan fingerprint density at radius 1 is 1.35 bits per heavy atom. The number of carbonyl (C=O) groups is 1. The highest BCUT2D eigenvalue weighted by molar-refractivity contribution is 5.85. The van der Waals surface area contributed by atoms with Crippen molar-refractivity contribution in [3.63, 3.8) is 0 Å². The second-order valence-electron chi connectivity index (χ2n) is 5.58. The first-order chi connectivity index (χ1) is 10.7. The number of carbonyl (C=O) groups excluding carboxylic acids is 1. The van der Waals surface area contributed by atoms with E-state index in [4.69, 9.17) is 0 Å². The van der Waals surface area contributed by atoms with Crippen molar-refractivity contribution in [2.24, 2.45) is 5.92 Å². The summed E-state index contributed by atoms with van der Waals surface area (Å²) in [6.07, 6.45) is 3.58.